The minimum Gasteiger partial charge on any atom is -0.507 e. The highest BCUT2D eigenvalue weighted by Crippen LogP contribution is 2.46. The Bertz CT molecular complexity index is 1400. The van der Waals surface area contributed by atoms with Crippen LogP contribution in [0.4, 0.5) is 0 Å². The van der Waals surface area contributed by atoms with Gasteiger partial charge in [-0.3, -0.25) is 4.79 Å². The number of carbonyl (C=O) groups excluding carboxylic acids is 2. The van der Waals surface area contributed by atoms with E-state index < -0.39 is 58.6 Å². The summed E-state index contributed by atoms with van der Waals surface area (Å²) < 4.78 is 16.9. The van der Waals surface area contributed by atoms with E-state index >= 15 is 0 Å². The molecule has 1 aliphatic heterocycles. The number of carbonyl (C=O) groups is 2. The molecule has 1 heterocycles. The van der Waals surface area contributed by atoms with Gasteiger partial charge in [0.2, 0.25) is 0 Å². The van der Waals surface area contributed by atoms with Crippen LogP contribution in [0.5, 0.6) is 51.7 Å². The van der Waals surface area contributed by atoms with Crippen LogP contribution in [0.1, 0.15) is 60.2 Å². The summed E-state index contributed by atoms with van der Waals surface area (Å²) in [5.74, 6) is -6.28. The number of hydrogen-bond donors (Lipinski definition) is 7. The highest BCUT2D eigenvalue weighted by atomic mass is 16.6. The summed E-state index contributed by atoms with van der Waals surface area (Å²) in [5.41, 5.74) is -0.0409. The fraction of sp³-hybridized carbons (Fsp3) is 0.286. The molecule has 3 aromatic rings. The molecular formula is C28H28O12. The summed E-state index contributed by atoms with van der Waals surface area (Å²) in [7, 11) is 0. The van der Waals surface area contributed by atoms with Crippen molar-refractivity contribution in [2.45, 2.75) is 51.2 Å². The largest absolute Gasteiger partial charge is 0.507 e. The lowest BCUT2D eigenvalue weighted by atomic mass is 9.93. The van der Waals surface area contributed by atoms with E-state index in [-0.39, 0.29) is 46.8 Å². The van der Waals surface area contributed by atoms with Crippen molar-refractivity contribution < 1.29 is 59.5 Å². The number of unbranched alkanes of at least 4 members (excludes halogenated alkanes) is 2. The third kappa shape index (κ3) is 5.85. The minimum atomic E-state index is -1.22. The van der Waals surface area contributed by atoms with Gasteiger partial charge in [-0.2, -0.15) is 0 Å². The number of esters is 2. The van der Waals surface area contributed by atoms with Crippen molar-refractivity contribution in [1.82, 2.24) is 0 Å². The van der Waals surface area contributed by atoms with E-state index in [1.807, 2.05) is 6.92 Å². The van der Waals surface area contributed by atoms with E-state index in [0.29, 0.717) is 6.42 Å². The quantitative estimate of drug-likeness (QED) is 0.0910. The molecule has 0 radical (unpaired) electrons. The number of benzene rings is 3. The van der Waals surface area contributed by atoms with Gasteiger partial charge in [-0.15, -0.1) is 0 Å². The first kappa shape index (κ1) is 28.0. The third-order valence-electron chi connectivity index (χ3n) is 6.36. The molecule has 0 aromatic heterocycles. The van der Waals surface area contributed by atoms with Gasteiger partial charge in [-0.25, -0.2) is 4.79 Å². The number of hydrogen-bond acceptors (Lipinski definition) is 12. The first-order chi connectivity index (χ1) is 19.0. The van der Waals surface area contributed by atoms with E-state index in [4.69, 9.17) is 14.2 Å². The summed E-state index contributed by atoms with van der Waals surface area (Å²) in [4.78, 5) is 25.1. The second-order valence-corrected chi connectivity index (χ2v) is 9.31. The van der Waals surface area contributed by atoms with Gasteiger partial charge in [0, 0.05) is 36.1 Å². The molecule has 0 aliphatic carbocycles. The van der Waals surface area contributed by atoms with Crippen LogP contribution < -0.4 is 9.47 Å². The summed E-state index contributed by atoms with van der Waals surface area (Å²) in [6.45, 7) is 2.00. The molecule has 0 spiro atoms. The van der Waals surface area contributed by atoms with Crippen molar-refractivity contribution in [1.29, 1.82) is 0 Å². The lowest BCUT2D eigenvalue weighted by Gasteiger charge is -2.34. The maximum absolute atomic E-state index is 12.9. The van der Waals surface area contributed by atoms with Crippen LogP contribution in [0.3, 0.4) is 0 Å². The number of aromatic hydroxyl groups is 7. The summed E-state index contributed by atoms with van der Waals surface area (Å²) in [5, 5.41) is 69.7. The summed E-state index contributed by atoms with van der Waals surface area (Å²) in [6.07, 6.45) is 0.0130. The van der Waals surface area contributed by atoms with Crippen LogP contribution in [0.2, 0.25) is 0 Å². The van der Waals surface area contributed by atoms with Gasteiger partial charge in [0.1, 0.15) is 23.4 Å². The number of phenolic OH excluding ortho intramolecular Hbond substituents is 7. The fourth-order valence-electron chi connectivity index (χ4n) is 4.30. The Hall–Kier alpha value is -5.00. The van der Waals surface area contributed by atoms with E-state index in [2.05, 4.69) is 0 Å². The molecule has 4 rings (SSSR count). The predicted molar refractivity (Wildman–Crippen MR) is 137 cm³/mol. The molecule has 7 N–H and O–H groups in total. The highest BCUT2D eigenvalue weighted by Gasteiger charge is 2.37. The molecule has 0 saturated carbocycles. The molecule has 212 valence electrons. The number of rotatable bonds is 8. The Morgan fingerprint density at radius 3 is 2.02 bits per heavy atom. The van der Waals surface area contributed by atoms with Crippen LogP contribution in [0, 0.1) is 0 Å². The topological polar surface area (TPSA) is 203 Å². The zero-order chi connectivity index (χ0) is 29.1. The van der Waals surface area contributed by atoms with E-state index in [0.717, 1.165) is 37.1 Å². The standard InChI is InChI=1S/C28H28O12/c1-2-3-4-5-24(34)38-15-10-17(29)16-12-23(40-28(37)14-8-20(32)26(36)21(33)9-14)27(39-22(16)11-15)13-6-18(30)25(35)19(31)7-13/h6-11,23,27,29-33,35-36H,2-5,12H2,1H3/t23?,27-/m1/s1. The van der Waals surface area contributed by atoms with E-state index in [1.54, 1.807) is 0 Å². The van der Waals surface area contributed by atoms with Gasteiger partial charge in [0.15, 0.2) is 40.6 Å². The molecule has 1 unspecified atom stereocenters. The molecular weight excluding hydrogens is 528 g/mol. The summed E-state index contributed by atoms with van der Waals surface area (Å²) in [6, 6.07) is 6.51. The predicted octanol–water partition coefficient (Wildman–Crippen LogP) is 4.01. The molecule has 0 amide bonds. The maximum Gasteiger partial charge on any atom is 0.338 e. The zero-order valence-corrected chi connectivity index (χ0v) is 21.3. The maximum atomic E-state index is 12.9. The average Bonchev–Trinajstić information content (AvgIpc) is 2.90. The van der Waals surface area contributed by atoms with Gasteiger partial charge < -0.3 is 50.0 Å². The van der Waals surface area contributed by atoms with Crippen molar-refractivity contribution in [2.24, 2.45) is 0 Å². The normalized spacial score (nSPS) is 16.0. The molecule has 0 saturated heterocycles. The van der Waals surface area contributed by atoms with Crippen LogP contribution >= 0.6 is 0 Å². The SMILES string of the molecule is CCCCCC(=O)Oc1cc(O)c2c(c1)O[C@H](c1cc(O)c(O)c(O)c1)C(OC(=O)c1cc(O)c(O)c(O)c1)C2. The average molecular weight is 557 g/mol. The number of fused-ring (bicyclic) bond motifs is 1. The van der Waals surface area contributed by atoms with Crippen molar-refractivity contribution in [3.63, 3.8) is 0 Å². The highest BCUT2D eigenvalue weighted by molar-refractivity contribution is 5.91. The number of ether oxygens (including phenoxy) is 3. The van der Waals surface area contributed by atoms with Crippen molar-refractivity contribution in [3.05, 3.63) is 53.1 Å². The summed E-state index contributed by atoms with van der Waals surface area (Å²) >= 11 is 0. The second kappa shape index (κ2) is 11.4. The second-order valence-electron chi connectivity index (χ2n) is 9.31. The van der Waals surface area contributed by atoms with Crippen LogP contribution in [-0.4, -0.2) is 53.8 Å². The molecule has 1 aliphatic rings. The first-order valence-electron chi connectivity index (χ1n) is 12.4. The molecule has 0 fully saturated rings. The molecule has 3 aromatic carbocycles. The molecule has 12 nitrogen and oxygen atoms in total. The van der Waals surface area contributed by atoms with E-state index in [9.17, 15) is 45.3 Å². The lowest BCUT2D eigenvalue weighted by molar-refractivity contribution is -0.134. The molecule has 40 heavy (non-hydrogen) atoms. The minimum absolute atomic E-state index is 0.0124. The zero-order valence-electron chi connectivity index (χ0n) is 21.3. The van der Waals surface area contributed by atoms with E-state index in [1.165, 1.54) is 12.1 Å². The lowest BCUT2D eigenvalue weighted by Crippen LogP contribution is -2.34. The first-order valence-corrected chi connectivity index (χ1v) is 12.4. The molecule has 0 bridgehead atoms. The van der Waals surface area contributed by atoms with Gasteiger partial charge in [-0.1, -0.05) is 19.8 Å². The Balaban J connectivity index is 1.68. The van der Waals surface area contributed by atoms with Crippen molar-refractivity contribution >= 4 is 11.9 Å². The number of phenols is 7. The Kier molecular flexibility index (Phi) is 7.98. The van der Waals surface area contributed by atoms with Crippen LogP contribution in [0.25, 0.3) is 0 Å². The van der Waals surface area contributed by atoms with Crippen LogP contribution in [0.15, 0.2) is 36.4 Å². The Morgan fingerprint density at radius 1 is 0.825 bits per heavy atom. The van der Waals surface area contributed by atoms with Crippen molar-refractivity contribution in [3.8, 4) is 51.7 Å². The third-order valence-corrected chi connectivity index (χ3v) is 6.36. The van der Waals surface area contributed by atoms with Crippen LogP contribution in [-0.2, 0) is 16.0 Å². The molecule has 12 heteroatoms. The molecule has 2 atom stereocenters. The Morgan fingerprint density at radius 2 is 1.43 bits per heavy atom. The fourth-order valence-corrected chi connectivity index (χ4v) is 4.30. The van der Waals surface area contributed by atoms with Gasteiger partial charge >= 0.3 is 11.9 Å². The van der Waals surface area contributed by atoms with Gasteiger partial charge in [-0.05, 0) is 30.7 Å². The van der Waals surface area contributed by atoms with Gasteiger partial charge in [0.05, 0.1) is 5.56 Å². The van der Waals surface area contributed by atoms with Gasteiger partial charge in [0.25, 0.3) is 0 Å². The smallest absolute Gasteiger partial charge is 0.338 e. The Labute approximate surface area is 227 Å². The van der Waals surface area contributed by atoms with Crippen molar-refractivity contribution in [2.75, 3.05) is 0 Å². The monoisotopic (exact) mass is 556 g/mol.